The molecule has 12 heteroatoms. The first-order valence-electron chi connectivity index (χ1n) is 19.9. The van der Waals surface area contributed by atoms with Crippen molar-refractivity contribution in [2.24, 2.45) is 10.2 Å². The molecule has 0 bridgehead atoms. The largest absolute Gasteiger partial charge is 0.508 e. The number of carbonyl (C=O) groups excluding carboxylic acids is 4. The van der Waals surface area contributed by atoms with E-state index in [9.17, 15) is 29.4 Å². The number of carbonyl (C=O) groups is 4. The van der Waals surface area contributed by atoms with Crippen molar-refractivity contribution in [3.8, 4) is 23.0 Å². The number of hydrazone groups is 2. The highest BCUT2D eigenvalue weighted by atomic mass is 16.6. The number of nitrogens with one attached hydrogen (secondary N) is 2. The molecular formula is C46H54N4O8. The van der Waals surface area contributed by atoms with Crippen LogP contribution in [0.5, 0.6) is 23.0 Å². The summed E-state index contributed by atoms with van der Waals surface area (Å²) in [4.78, 5) is 47.6. The van der Waals surface area contributed by atoms with E-state index in [2.05, 4.69) is 21.1 Å². The molecule has 1 aliphatic heterocycles. The van der Waals surface area contributed by atoms with Crippen LogP contribution in [0.15, 0.2) is 107 Å². The molecule has 0 saturated heterocycles. The van der Waals surface area contributed by atoms with E-state index in [4.69, 9.17) is 9.47 Å². The zero-order chi connectivity index (χ0) is 41.2. The van der Waals surface area contributed by atoms with Gasteiger partial charge in [0, 0.05) is 49.7 Å². The molecule has 0 unspecified atom stereocenters. The minimum atomic E-state index is -0.135. The van der Waals surface area contributed by atoms with Crippen LogP contribution in [0.2, 0.25) is 0 Å². The normalized spacial score (nSPS) is 11.8. The van der Waals surface area contributed by atoms with E-state index in [-0.39, 0.29) is 47.7 Å². The first-order valence-corrected chi connectivity index (χ1v) is 19.9. The van der Waals surface area contributed by atoms with Crippen molar-refractivity contribution in [1.29, 1.82) is 0 Å². The quantitative estimate of drug-likeness (QED) is 0.0355. The number of amides is 2. The van der Waals surface area contributed by atoms with Gasteiger partial charge in [0.2, 0.25) is 11.8 Å². The smallest absolute Gasteiger partial charge is 0.240 e. The minimum Gasteiger partial charge on any atom is -0.508 e. The molecule has 0 fully saturated rings. The average molecular weight is 791 g/mol. The number of para-hydroxylation sites is 2. The number of ether oxygens (including phenoxy) is 2. The maximum Gasteiger partial charge on any atom is 0.240 e. The molecule has 0 saturated carbocycles. The van der Waals surface area contributed by atoms with Gasteiger partial charge < -0.3 is 19.7 Å². The number of Topliss-reactive ketones (excluding diaryl/α,β-unsaturated/α-hetero) is 2. The molecule has 1 aliphatic rings. The standard InChI is InChI=1S/C24H28N2O5.C22H26N2O3/c27-20(16-19-7-5-6-9-21(19)28)8-3-1-2-4-10-24(29)26-25-17-18-11-12-22-23(15-18)31-14-13-30-22;25-20(16-19-12-8-9-14-21(19)26)13-6-1-2-7-15-22(27)24-23-17-18-10-4-3-5-11-18/h5-7,9,11-12,15,17,28H,1-4,8,10,13-14,16H2,(H,26,29);3-5,8-12,14,17,26H,1-2,6-7,13,15-16H2,(H,24,27)/b25-17+;23-17+. The van der Waals surface area contributed by atoms with Gasteiger partial charge in [-0.1, -0.05) is 92.4 Å². The van der Waals surface area contributed by atoms with E-state index in [1.807, 2.05) is 60.7 Å². The second-order valence-corrected chi connectivity index (χ2v) is 13.9. The number of aromatic hydroxyl groups is 2. The lowest BCUT2D eigenvalue weighted by molar-refractivity contribution is -0.122. The third kappa shape index (κ3) is 17.7. The Labute approximate surface area is 340 Å². The summed E-state index contributed by atoms with van der Waals surface area (Å²) < 4.78 is 11.0. The number of ketones is 2. The Morgan fingerprint density at radius 2 is 0.966 bits per heavy atom. The van der Waals surface area contributed by atoms with Crippen molar-refractivity contribution >= 4 is 35.8 Å². The second kappa shape index (κ2) is 25.8. The van der Waals surface area contributed by atoms with Crippen molar-refractivity contribution in [3.05, 3.63) is 119 Å². The Kier molecular flexibility index (Phi) is 19.7. The summed E-state index contributed by atoms with van der Waals surface area (Å²) in [5, 5.41) is 27.3. The Bertz CT molecular complexity index is 1960. The lowest BCUT2D eigenvalue weighted by Crippen LogP contribution is -2.17. The van der Waals surface area contributed by atoms with E-state index < -0.39 is 0 Å². The highest BCUT2D eigenvalue weighted by molar-refractivity contribution is 5.84. The van der Waals surface area contributed by atoms with E-state index in [1.54, 1.807) is 48.8 Å². The predicted octanol–water partition coefficient (Wildman–Crippen LogP) is 7.76. The van der Waals surface area contributed by atoms with Crippen molar-refractivity contribution in [3.63, 3.8) is 0 Å². The molecule has 4 aromatic rings. The number of hydrogen-bond acceptors (Lipinski definition) is 10. The van der Waals surface area contributed by atoms with Crippen LogP contribution in [0.25, 0.3) is 0 Å². The lowest BCUT2D eigenvalue weighted by atomic mass is 10.0. The molecule has 0 atom stereocenters. The fourth-order valence-electron chi connectivity index (χ4n) is 5.99. The van der Waals surface area contributed by atoms with Gasteiger partial charge in [-0.2, -0.15) is 10.2 Å². The van der Waals surface area contributed by atoms with E-state index in [0.717, 1.165) is 62.5 Å². The number of phenolic OH excluding ortho intramolecular Hbond substituents is 2. The molecule has 2 amide bonds. The molecular weight excluding hydrogens is 737 g/mol. The van der Waals surface area contributed by atoms with Crippen LogP contribution in [0.1, 0.15) is 99.3 Å². The SMILES string of the molecule is O=C(CCCCCCC(=O)N/N=C/c1ccc2c(c1)OCCO2)Cc1ccccc1O.O=C(CCCCCCC(=O)N/N=C/c1ccccc1)Cc1ccccc1O. The number of nitrogens with zero attached hydrogens (tertiary/aromatic N) is 2. The maximum atomic E-state index is 12.0. The molecule has 0 aromatic heterocycles. The molecule has 12 nitrogen and oxygen atoms in total. The van der Waals surface area contributed by atoms with E-state index >= 15 is 0 Å². The van der Waals surface area contributed by atoms with E-state index in [1.165, 1.54) is 0 Å². The van der Waals surface area contributed by atoms with Gasteiger partial charge in [0.1, 0.15) is 36.3 Å². The zero-order valence-electron chi connectivity index (χ0n) is 32.9. The Hall–Kier alpha value is -6.30. The number of benzene rings is 4. The van der Waals surface area contributed by atoms with Crippen molar-refractivity contribution < 1.29 is 38.9 Å². The van der Waals surface area contributed by atoms with Crippen LogP contribution in [0, 0.1) is 0 Å². The van der Waals surface area contributed by atoms with Crippen LogP contribution in [-0.4, -0.2) is 59.2 Å². The molecule has 5 rings (SSSR count). The summed E-state index contributed by atoms with van der Waals surface area (Å²) in [5.74, 6) is 1.75. The second-order valence-electron chi connectivity index (χ2n) is 13.9. The summed E-state index contributed by atoms with van der Waals surface area (Å²) in [7, 11) is 0. The third-order valence-corrected chi connectivity index (χ3v) is 9.15. The molecule has 0 spiro atoms. The fraction of sp³-hybridized carbons (Fsp3) is 0.348. The Balaban J connectivity index is 0.000000259. The van der Waals surface area contributed by atoms with Crippen LogP contribution >= 0.6 is 0 Å². The monoisotopic (exact) mass is 790 g/mol. The van der Waals surface area contributed by atoms with Gasteiger partial charge in [-0.3, -0.25) is 19.2 Å². The number of hydrogen-bond donors (Lipinski definition) is 4. The number of fused-ring (bicyclic) bond motifs is 1. The van der Waals surface area contributed by atoms with Gasteiger partial charge in [0.15, 0.2) is 11.5 Å². The first kappa shape index (κ1) is 44.4. The Morgan fingerprint density at radius 1 is 0.517 bits per heavy atom. The van der Waals surface area contributed by atoms with Gasteiger partial charge in [-0.25, -0.2) is 10.9 Å². The minimum absolute atomic E-state index is 0.0992. The predicted molar refractivity (Wildman–Crippen MR) is 224 cm³/mol. The topological polar surface area (TPSA) is 176 Å². The van der Waals surface area contributed by atoms with Crippen LogP contribution < -0.4 is 20.3 Å². The van der Waals surface area contributed by atoms with Gasteiger partial charge in [0.25, 0.3) is 0 Å². The molecule has 58 heavy (non-hydrogen) atoms. The summed E-state index contributed by atoms with van der Waals surface area (Å²) in [6.45, 7) is 1.07. The molecule has 4 N–H and O–H groups in total. The van der Waals surface area contributed by atoms with Crippen LogP contribution in [-0.2, 0) is 32.0 Å². The summed E-state index contributed by atoms with van der Waals surface area (Å²) >= 11 is 0. The van der Waals surface area contributed by atoms with Crippen LogP contribution in [0.3, 0.4) is 0 Å². The zero-order valence-corrected chi connectivity index (χ0v) is 32.9. The third-order valence-electron chi connectivity index (χ3n) is 9.15. The number of rotatable bonds is 22. The van der Waals surface area contributed by atoms with Crippen molar-refractivity contribution in [2.45, 2.75) is 89.9 Å². The molecule has 306 valence electrons. The highest BCUT2D eigenvalue weighted by Crippen LogP contribution is 2.30. The summed E-state index contributed by atoms with van der Waals surface area (Å²) in [6, 6.07) is 28.9. The molecule has 0 radical (unpaired) electrons. The molecule has 0 aliphatic carbocycles. The summed E-state index contributed by atoms with van der Waals surface area (Å²) in [6.07, 6.45) is 12.2. The lowest BCUT2D eigenvalue weighted by Gasteiger charge is -2.18. The maximum absolute atomic E-state index is 12.0. The highest BCUT2D eigenvalue weighted by Gasteiger charge is 2.12. The van der Waals surface area contributed by atoms with Gasteiger partial charge in [-0.05, 0) is 67.1 Å². The summed E-state index contributed by atoms with van der Waals surface area (Å²) in [5.41, 5.74) is 8.16. The number of unbranched alkanes of at least 4 members (excludes halogenated alkanes) is 6. The first-order chi connectivity index (χ1) is 28.3. The molecule has 1 heterocycles. The fourth-order valence-corrected chi connectivity index (χ4v) is 5.99. The number of phenols is 2. The Morgan fingerprint density at radius 3 is 1.48 bits per heavy atom. The van der Waals surface area contributed by atoms with Gasteiger partial charge in [0.05, 0.1) is 12.4 Å². The van der Waals surface area contributed by atoms with Gasteiger partial charge in [-0.15, -0.1) is 0 Å². The van der Waals surface area contributed by atoms with Crippen LogP contribution in [0.4, 0.5) is 0 Å². The van der Waals surface area contributed by atoms with Crippen molar-refractivity contribution in [1.82, 2.24) is 10.9 Å². The van der Waals surface area contributed by atoms with Crippen molar-refractivity contribution in [2.75, 3.05) is 13.2 Å². The average Bonchev–Trinajstić information content (AvgIpc) is 3.23. The molecule has 4 aromatic carbocycles. The van der Waals surface area contributed by atoms with Gasteiger partial charge >= 0.3 is 0 Å². The van der Waals surface area contributed by atoms with E-state index in [0.29, 0.717) is 61.5 Å².